The fraction of sp³-hybridized carbons (Fsp3) is 0.400. The van der Waals surface area contributed by atoms with E-state index in [1.807, 2.05) is 26.0 Å². The van der Waals surface area contributed by atoms with Crippen molar-refractivity contribution in [2.45, 2.75) is 27.4 Å². The molecule has 0 aromatic heterocycles. The van der Waals surface area contributed by atoms with Crippen LogP contribution in [0.1, 0.15) is 25.0 Å². The molecule has 19 heavy (non-hydrogen) atoms. The second-order valence-corrected chi connectivity index (χ2v) is 4.14. The number of amides is 1. The van der Waals surface area contributed by atoms with E-state index in [0.29, 0.717) is 13.2 Å². The van der Waals surface area contributed by atoms with Gasteiger partial charge in [-0.15, -0.1) is 0 Å². The summed E-state index contributed by atoms with van der Waals surface area (Å²) in [6, 6.07) is 3.77. The maximum absolute atomic E-state index is 11.5. The highest BCUT2D eigenvalue weighted by molar-refractivity contribution is 5.99. The summed E-state index contributed by atoms with van der Waals surface area (Å²) in [5.74, 6) is 0.683. The molecule has 4 nitrogen and oxygen atoms in total. The van der Waals surface area contributed by atoms with Crippen LogP contribution in [0.25, 0.3) is 0 Å². The van der Waals surface area contributed by atoms with E-state index in [1.165, 1.54) is 6.08 Å². The van der Waals surface area contributed by atoms with Crippen LogP contribution in [-0.4, -0.2) is 19.6 Å². The first-order valence-corrected chi connectivity index (χ1v) is 6.31. The topological polar surface area (TPSA) is 47.6 Å². The van der Waals surface area contributed by atoms with E-state index in [4.69, 9.17) is 9.47 Å². The zero-order valence-corrected chi connectivity index (χ0v) is 11.9. The van der Waals surface area contributed by atoms with Crippen LogP contribution in [0.5, 0.6) is 5.75 Å². The highest BCUT2D eigenvalue weighted by atomic mass is 16.5. The van der Waals surface area contributed by atoms with Crippen LogP contribution in [0.15, 0.2) is 24.3 Å². The van der Waals surface area contributed by atoms with Crippen LogP contribution in [0.2, 0.25) is 0 Å². The van der Waals surface area contributed by atoms with Crippen LogP contribution in [0.4, 0.5) is 5.69 Å². The normalized spacial score (nSPS) is 10.7. The minimum Gasteiger partial charge on any atom is -0.493 e. The molecule has 0 heterocycles. The Kier molecular flexibility index (Phi) is 6.09. The van der Waals surface area contributed by atoms with Gasteiger partial charge in [0.1, 0.15) is 5.75 Å². The van der Waals surface area contributed by atoms with Crippen LogP contribution >= 0.6 is 0 Å². The molecule has 104 valence electrons. The van der Waals surface area contributed by atoms with Gasteiger partial charge in [-0.05, 0) is 44.5 Å². The van der Waals surface area contributed by atoms with Crippen molar-refractivity contribution in [2.24, 2.45) is 0 Å². The highest BCUT2D eigenvalue weighted by Gasteiger charge is 2.10. The van der Waals surface area contributed by atoms with E-state index in [-0.39, 0.29) is 5.91 Å². The van der Waals surface area contributed by atoms with Crippen molar-refractivity contribution in [3.63, 3.8) is 0 Å². The van der Waals surface area contributed by atoms with Gasteiger partial charge in [-0.25, -0.2) is 0 Å². The molecular weight excluding hydrogens is 242 g/mol. The number of anilines is 1. The fourth-order valence-corrected chi connectivity index (χ4v) is 1.87. The Morgan fingerprint density at radius 2 is 2.16 bits per heavy atom. The SMILES string of the molecule is CC=CC(=O)Nc1cc(C)c(OCC)c(COC)c1. The van der Waals surface area contributed by atoms with Crippen molar-refractivity contribution in [1.82, 2.24) is 0 Å². The molecule has 0 aliphatic carbocycles. The molecule has 1 rings (SSSR count). The van der Waals surface area contributed by atoms with Gasteiger partial charge in [-0.2, -0.15) is 0 Å². The van der Waals surface area contributed by atoms with Crippen LogP contribution in [0, 0.1) is 6.92 Å². The van der Waals surface area contributed by atoms with Crippen molar-refractivity contribution in [1.29, 1.82) is 0 Å². The molecule has 0 spiro atoms. The first-order valence-electron chi connectivity index (χ1n) is 6.31. The number of aryl methyl sites for hydroxylation is 1. The van der Waals surface area contributed by atoms with Gasteiger partial charge in [0.05, 0.1) is 13.2 Å². The van der Waals surface area contributed by atoms with E-state index < -0.39 is 0 Å². The van der Waals surface area contributed by atoms with Gasteiger partial charge >= 0.3 is 0 Å². The number of ether oxygens (including phenoxy) is 2. The maximum atomic E-state index is 11.5. The van der Waals surface area contributed by atoms with Gasteiger partial charge in [0.25, 0.3) is 0 Å². The summed E-state index contributed by atoms with van der Waals surface area (Å²) in [6.07, 6.45) is 3.19. The summed E-state index contributed by atoms with van der Waals surface area (Å²) in [5, 5.41) is 2.81. The Balaban J connectivity index is 3.05. The molecule has 1 aromatic carbocycles. The minimum atomic E-state index is -0.144. The number of carbonyl (C=O) groups is 1. The summed E-state index contributed by atoms with van der Waals surface area (Å²) in [5.41, 5.74) is 2.66. The molecule has 0 saturated carbocycles. The number of methoxy groups -OCH3 is 1. The first-order chi connectivity index (χ1) is 9.12. The number of hydrogen-bond acceptors (Lipinski definition) is 3. The third-order valence-electron chi connectivity index (χ3n) is 2.53. The average Bonchev–Trinajstić information content (AvgIpc) is 2.34. The van der Waals surface area contributed by atoms with E-state index in [1.54, 1.807) is 20.1 Å². The van der Waals surface area contributed by atoms with Crippen LogP contribution in [-0.2, 0) is 16.1 Å². The quantitative estimate of drug-likeness (QED) is 0.802. The van der Waals surface area contributed by atoms with Gasteiger partial charge in [0, 0.05) is 18.4 Å². The van der Waals surface area contributed by atoms with Crippen LogP contribution < -0.4 is 10.1 Å². The van der Waals surface area contributed by atoms with E-state index in [9.17, 15) is 4.79 Å². The van der Waals surface area contributed by atoms with Crippen molar-refractivity contribution < 1.29 is 14.3 Å². The predicted octanol–water partition coefficient (Wildman–Crippen LogP) is 3.05. The van der Waals surface area contributed by atoms with Crippen molar-refractivity contribution in [3.05, 3.63) is 35.4 Å². The second kappa shape index (κ2) is 7.59. The van der Waals surface area contributed by atoms with Gasteiger partial charge < -0.3 is 14.8 Å². The maximum Gasteiger partial charge on any atom is 0.248 e. The van der Waals surface area contributed by atoms with Crippen LogP contribution in [0.3, 0.4) is 0 Å². The Labute approximate surface area is 114 Å². The third-order valence-corrected chi connectivity index (χ3v) is 2.53. The molecule has 0 atom stereocenters. The molecule has 0 bridgehead atoms. The predicted molar refractivity (Wildman–Crippen MR) is 76.5 cm³/mol. The fourth-order valence-electron chi connectivity index (χ4n) is 1.87. The lowest BCUT2D eigenvalue weighted by atomic mass is 10.1. The summed E-state index contributed by atoms with van der Waals surface area (Å²) < 4.78 is 10.8. The minimum absolute atomic E-state index is 0.144. The summed E-state index contributed by atoms with van der Waals surface area (Å²) in [4.78, 5) is 11.5. The number of carbonyl (C=O) groups excluding carboxylic acids is 1. The molecule has 0 unspecified atom stereocenters. The van der Waals surface area contributed by atoms with Crippen molar-refractivity contribution >= 4 is 11.6 Å². The average molecular weight is 263 g/mol. The standard InChI is InChI=1S/C15H21NO3/c1-5-7-14(17)16-13-8-11(3)15(19-6-2)12(9-13)10-18-4/h5,7-9H,6,10H2,1-4H3,(H,16,17). The summed E-state index contributed by atoms with van der Waals surface area (Å²) in [6.45, 7) is 6.75. The summed E-state index contributed by atoms with van der Waals surface area (Å²) in [7, 11) is 1.64. The summed E-state index contributed by atoms with van der Waals surface area (Å²) >= 11 is 0. The molecule has 1 N–H and O–H groups in total. The number of hydrogen-bond donors (Lipinski definition) is 1. The molecule has 0 fully saturated rings. The zero-order chi connectivity index (χ0) is 14.3. The molecule has 1 aromatic rings. The molecule has 4 heteroatoms. The largest absolute Gasteiger partial charge is 0.493 e. The number of nitrogens with one attached hydrogen (secondary N) is 1. The molecule has 0 aliphatic heterocycles. The van der Waals surface area contributed by atoms with Crippen molar-refractivity contribution in [3.8, 4) is 5.75 Å². The lowest BCUT2D eigenvalue weighted by molar-refractivity contribution is -0.111. The van der Waals surface area contributed by atoms with Crippen molar-refractivity contribution in [2.75, 3.05) is 19.0 Å². The first kappa shape index (κ1) is 15.2. The Morgan fingerprint density at radius 3 is 2.74 bits per heavy atom. The van der Waals surface area contributed by atoms with E-state index >= 15 is 0 Å². The monoisotopic (exact) mass is 263 g/mol. The zero-order valence-electron chi connectivity index (χ0n) is 11.9. The molecule has 0 aliphatic rings. The Bertz CT molecular complexity index is 467. The van der Waals surface area contributed by atoms with E-state index in [0.717, 1.165) is 22.6 Å². The van der Waals surface area contributed by atoms with Gasteiger partial charge in [-0.1, -0.05) is 6.08 Å². The van der Waals surface area contributed by atoms with Gasteiger partial charge in [0.2, 0.25) is 5.91 Å². The van der Waals surface area contributed by atoms with E-state index in [2.05, 4.69) is 5.32 Å². The Hall–Kier alpha value is -1.81. The second-order valence-electron chi connectivity index (χ2n) is 4.14. The number of allylic oxidation sites excluding steroid dienone is 1. The smallest absolute Gasteiger partial charge is 0.248 e. The highest BCUT2D eigenvalue weighted by Crippen LogP contribution is 2.28. The Morgan fingerprint density at radius 1 is 1.42 bits per heavy atom. The molecule has 1 amide bonds. The van der Waals surface area contributed by atoms with Gasteiger partial charge in [0.15, 0.2) is 0 Å². The lowest BCUT2D eigenvalue weighted by Crippen LogP contribution is -2.09. The lowest BCUT2D eigenvalue weighted by Gasteiger charge is -2.15. The third kappa shape index (κ3) is 4.41. The molecule has 0 radical (unpaired) electrons. The molecular formula is C15H21NO3. The molecule has 0 saturated heterocycles. The van der Waals surface area contributed by atoms with Gasteiger partial charge in [-0.3, -0.25) is 4.79 Å². The number of rotatable bonds is 6. The number of benzene rings is 1.